The van der Waals surface area contributed by atoms with Crippen molar-refractivity contribution in [2.24, 2.45) is 10.9 Å². The van der Waals surface area contributed by atoms with E-state index in [1.165, 1.54) is 17.0 Å². The van der Waals surface area contributed by atoms with E-state index in [9.17, 15) is 4.79 Å². The molecular weight excluding hydrogens is 250 g/mol. The first-order valence-electron chi connectivity index (χ1n) is 5.83. The van der Waals surface area contributed by atoms with Crippen molar-refractivity contribution in [3.8, 4) is 5.75 Å². The van der Waals surface area contributed by atoms with Gasteiger partial charge in [0.1, 0.15) is 5.75 Å². The van der Waals surface area contributed by atoms with Gasteiger partial charge in [0.25, 0.3) is 0 Å². The van der Waals surface area contributed by atoms with Crippen LogP contribution >= 0.6 is 0 Å². The third kappa shape index (κ3) is 3.59. The van der Waals surface area contributed by atoms with Gasteiger partial charge in [-0.05, 0) is 24.3 Å². The average molecular weight is 265 g/mol. The van der Waals surface area contributed by atoms with Crippen molar-refractivity contribution in [1.29, 1.82) is 0 Å². The molecule has 3 N–H and O–H groups in total. The molecule has 1 fully saturated rings. The zero-order valence-corrected chi connectivity index (χ0v) is 10.3. The third-order valence-electron chi connectivity index (χ3n) is 2.65. The fourth-order valence-corrected chi connectivity index (χ4v) is 1.58. The van der Waals surface area contributed by atoms with E-state index in [1.807, 2.05) is 0 Å². The quantitative estimate of drug-likeness (QED) is 0.351. The zero-order chi connectivity index (χ0) is 13.7. The molecule has 1 aliphatic heterocycles. The highest BCUT2D eigenvalue weighted by Crippen LogP contribution is 2.09. The van der Waals surface area contributed by atoms with Crippen molar-refractivity contribution >= 4 is 11.9 Å². The molecule has 1 aliphatic rings. The Hall–Kier alpha value is -2.28. The lowest BCUT2D eigenvalue weighted by molar-refractivity contribution is 0.0279. The summed E-state index contributed by atoms with van der Waals surface area (Å²) in [6.07, 6.45) is -0.551. The molecule has 7 nitrogen and oxygen atoms in total. The van der Waals surface area contributed by atoms with E-state index in [0.717, 1.165) is 0 Å². The molecule has 19 heavy (non-hydrogen) atoms. The molecule has 0 aromatic heterocycles. The summed E-state index contributed by atoms with van der Waals surface area (Å²) in [6.45, 7) is 1.94. The van der Waals surface area contributed by atoms with Gasteiger partial charge in [0, 0.05) is 18.7 Å². The summed E-state index contributed by atoms with van der Waals surface area (Å²) in [7, 11) is 0. The maximum atomic E-state index is 11.6. The number of morpholine rings is 1. The van der Waals surface area contributed by atoms with E-state index < -0.39 is 6.09 Å². The zero-order valence-electron chi connectivity index (χ0n) is 10.3. The van der Waals surface area contributed by atoms with Crippen LogP contribution in [-0.2, 0) is 9.57 Å². The lowest BCUT2D eigenvalue weighted by Gasteiger charge is -2.24. The van der Waals surface area contributed by atoms with Gasteiger partial charge in [-0.1, -0.05) is 5.16 Å². The summed E-state index contributed by atoms with van der Waals surface area (Å²) in [5.41, 5.74) is 6.23. The van der Waals surface area contributed by atoms with Gasteiger partial charge in [-0.15, -0.1) is 0 Å². The summed E-state index contributed by atoms with van der Waals surface area (Å²) < 4.78 is 5.12. The Bertz CT molecular complexity index is 466. The predicted molar refractivity (Wildman–Crippen MR) is 67.7 cm³/mol. The molecule has 7 heteroatoms. The van der Waals surface area contributed by atoms with Crippen LogP contribution in [0.25, 0.3) is 0 Å². The summed E-state index contributed by atoms with van der Waals surface area (Å²) >= 11 is 0. The van der Waals surface area contributed by atoms with Crippen molar-refractivity contribution < 1.29 is 19.5 Å². The van der Waals surface area contributed by atoms with Gasteiger partial charge in [-0.3, -0.25) is 4.84 Å². The van der Waals surface area contributed by atoms with Crippen LogP contribution in [0.1, 0.15) is 5.56 Å². The van der Waals surface area contributed by atoms with Crippen LogP contribution in [0.3, 0.4) is 0 Å². The number of nitrogens with zero attached hydrogens (tertiary/aromatic N) is 2. The van der Waals surface area contributed by atoms with Gasteiger partial charge in [0.05, 0.1) is 13.2 Å². The molecule has 1 heterocycles. The molecule has 0 atom stereocenters. The van der Waals surface area contributed by atoms with Crippen LogP contribution in [0.2, 0.25) is 0 Å². The minimum Gasteiger partial charge on any atom is -0.508 e. The molecule has 0 radical (unpaired) electrons. The number of carbonyl (C=O) groups is 1. The number of ether oxygens (including phenoxy) is 1. The van der Waals surface area contributed by atoms with Gasteiger partial charge in [0.2, 0.25) is 0 Å². The number of nitrogens with two attached hydrogens (primary N) is 1. The van der Waals surface area contributed by atoms with Crippen LogP contribution in [0.5, 0.6) is 5.75 Å². The van der Waals surface area contributed by atoms with E-state index in [0.29, 0.717) is 31.9 Å². The molecule has 102 valence electrons. The molecule has 0 unspecified atom stereocenters. The minimum absolute atomic E-state index is 0.0709. The Morgan fingerprint density at radius 2 is 1.95 bits per heavy atom. The average Bonchev–Trinajstić information content (AvgIpc) is 2.46. The normalized spacial score (nSPS) is 16.2. The van der Waals surface area contributed by atoms with Gasteiger partial charge in [0.15, 0.2) is 5.84 Å². The molecule has 2 rings (SSSR count). The molecule has 0 saturated carbocycles. The first kappa shape index (κ1) is 13.2. The van der Waals surface area contributed by atoms with E-state index >= 15 is 0 Å². The van der Waals surface area contributed by atoms with Crippen molar-refractivity contribution in [3.05, 3.63) is 29.8 Å². The Morgan fingerprint density at radius 3 is 2.58 bits per heavy atom. The Morgan fingerprint density at radius 1 is 1.32 bits per heavy atom. The molecule has 1 amide bonds. The Kier molecular flexibility index (Phi) is 4.19. The second kappa shape index (κ2) is 6.05. The molecule has 1 aromatic rings. The summed E-state index contributed by atoms with van der Waals surface area (Å²) in [6, 6.07) is 6.11. The molecule has 0 aliphatic carbocycles. The number of rotatable bonds is 2. The first-order valence-corrected chi connectivity index (χ1v) is 5.83. The van der Waals surface area contributed by atoms with Crippen LogP contribution < -0.4 is 5.73 Å². The van der Waals surface area contributed by atoms with Gasteiger partial charge in [-0.25, -0.2) is 4.79 Å². The minimum atomic E-state index is -0.551. The summed E-state index contributed by atoms with van der Waals surface area (Å²) in [4.78, 5) is 17.9. The number of oxime groups is 1. The highest BCUT2D eigenvalue weighted by atomic mass is 16.7. The lowest BCUT2D eigenvalue weighted by Crippen LogP contribution is -2.40. The van der Waals surface area contributed by atoms with Gasteiger partial charge < -0.3 is 20.5 Å². The fraction of sp³-hybridized carbons (Fsp3) is 0.333. The first-order chi connectivity index (χ1) is 9.16. The topological polar surface area (TPSA) is 97.4 Å². The molecule has 0 spiro atoms. The van der Waals surface area contributed by atoms with E-state index in [2.05, 4.69) is 5.16 Å². The third-order valence-corrected chi connectivity index (χ3v) is 2.65. The van der Waals surface area contributed by atoms with Crippen molar-refractivity contribution in [1.82, 2.24) is 4.90 Å². The predicted octanol–water partition coefficient (Wildman–Crippen LogP) is 0.481. The highest BCUT2D eigenvalue weighted by molar-refractivity contribution is 5.97. The van der Waals surface area contributed by atoms with Gasteiger partial charge >= 0.3 is 6.09 Å². The number of carbonyl (C=O) groups excluding carboxylic acids is 1. The fourth-order valence-electron chi connectivity index (χ4n) is 1.58. The van der Waals surface area contributed by atoms with Crippen molar-refractivity contribution in [3.63, 3.8) is 0 Å². The number of phenolic OH excluding ortho intramolecular Hbond substituents is 1. The number of amidine groups is 1. The standard InChI is InChI=1S/C12H15N3O4/c13-11(9-1-3-10(16)4-2-9)14-19-12(17)15-5-7-18-8-6-15/h1-4,16H,5-8H2,(H2,13,14). The molecule has 0 bridgehead atoms. The second-order valence-corrected chi connectivity index (χ2v) is 3.98. The SMILES string of the molecule is N/C(=N\OC(=O)N1CCOCC1)c1ccc(O)cc1. The summed E-state index contributed by atoms with van der Waals surface area (Å²) in [5, 5.41) is 12.7. The summed E-state index contributed by atoms with van der Waals surface area (Å²) in [5.74, 6) is 0.198. The van der Waals surface area contributed by atoms with E-state index in [1.54, 1.807) is 12.1 Å². The monoisotopic (exact) mass is 265 g/mol. The van der Waals surface area contributed by atoms with E-state index in [-0.39, 0.29) is 11.6 Å². The van der Waals surface area contributed by atoms with Crippen LogP contribution in [-0.4, -0.2) is 48.2 Å². The molecule has 1 saturated heterocycles. The maximum absolute atomic E-state index is 11.6. The number of aromatic hydroxyl groups is 1. The number of benzene rings is 1. The maximum Gasteiger partial charge on any atom is 0.436 e. The van der Waals surface area contributed by atoms with Crippen LogP contribution in [0.15, 0.2) is 29.4 Å². The van der Waals surface area contributed by atoms with Gasteiger partial charge in [-0.2, -0.15) is 0 Å². The number of hydrogen-bond donors (Lipinski definition) is 2. The van der Waals surface area contributed by atoms with E-state index in [4.69, 9.17) is 20.4 Å². The number of amides is 1. The highest BCUT2D eigenvalue weighted by Gasteiger charge is 2.18. The van der Waals surface area contributed by atoms with Crippen LogP contribution in [0.4, 0.5) is 4.79 Å². The molecular formula is C12H15N3O4. The largest absolute Gasteiger partial charge is 0.508 e. The Balaban J connectivity index is 1.93. The smallest absolute Gasteiger partial charge is 0.436 e. The number of phenols is 1. The second-order valence-electron chi connectivity index (χ2n) is 3.98. The Labute approximate surface area is 110 Å². The molecule has 1 aromatic carbocycles. The lowest BCUT2D eigenvalue weighted by atomic mass is 10.2. The van der Waals surface area contributed by atoms with Crippen LogP contribution in [0, 0.1) is 0 Å². The number of hydrogen-bond acceptors (Lipinski definition) is 5. The van der Waals surface area contributed by atoms with Crippen molar-refractivity contribution in [2.45, 2.75) is 0 Å². The van der Waals surface area contributed by atoms with Crippen molar-refractivity contribution in [2.75, 3.05) is 26.3 Å².